The van der Waals surface area contributed by atoms with E-state index in [2.05, 4.69) is 4.98 Å². The fraction of sp³-hybridized carbons (Fsp3) is 0.182. The Balaban J connectivity index is 2.85. The standard InChI is InChI=1S/C11H8Cl3NO/c1-6-2-3-7-8(11(12,13)14)4-5-9(16)10(7)15-6/h2-5,16H,1H3. The van der Waals surface area contributed by atoms with E-state index in [1.54, 1.807) is 12.1 Å². The Kier molecular flexibility index (Phi) is 2.91. The molecule has 2 nitrogen and oxygen atoms in total. The number of aromatic hydroxyl groups is 1. The van der Waals surface area contributed by atoms with Crippen molar-refractivity contribution < 1.29 is 5.11 Å². The highest BCUT2D eigenvalue weighted by Crippen LogP contribution is 2.42. The number of aromatic nitrogens is 1. The summed E-state index contributed by atoms with van der Waals surface area (Å²) in [7, 11) is 0. The third-order valence-electron chi connectivity index (χ3n) is 2.28. The highest BCUT2D eigenvalue weighted by atomic mass is 35.6. The molecule has 0 aliphatic heterocycles. The summed E-state index contributed by atoms with van der Waals surface area (Å²) < 4.78 is -1.52. The van der Waals surface area contributed by atoms with E-state index in [4.69, 9.17) is 34.8 Å². The first-order chi connectivity index (χ1) is 7.39. The molecule has 0 bridgehead atoms. The number of hydrogen-bond donors (Lipinski definition) is 1. The number of aryl methyl sites for hydroxylation is 1. The number of rotatable bonds is 0. The summed E-state index contributed by atoms with van der Waals surface area (Å²) in [5, 5.41) is 10.3. The largest absolute Gasteiger partial charge is 0.506 e. The van der Waals surface area contributed by atoms with Crippen molar-refractivity contribution in [3.63, 3.8) is 0 Å². The van der Waals surface area contributed by atoms with E-state index < -0.39 is 3.79 Å². The van der Waals surface area contributed by atoms with Crippen LogP contribution in [0, 0.1) is 6.92 Å². The number of benzene rings is 1. The normalized spacial score (nSPS) is 12.0. The van der Waals surface area contributed by atoms with Crippen LogP contribution in [-0.2, 0) is 3.79 Å². The van der Waals surface area contributed by atoms with Gasteiger partial charge in [-0.2, -0.15) is 0 Å². The average molecular weight is 277 g/mol. The maximum absolute atomic E-state index is 9.69. The molecule has 1 N–H and O–H groups in total. The molecule has 0 amide bonds. The van der Waals surface area contributed by atoms with Gasteiger partial charge >= 0.3 is 0 Å². The van der Waals surface area contributed by atoms with Gasteiger partial charge in [0.05, 0.1) is 0 Å². The number of nitrogens with zero attached hydrogens (tertiary/aromatic N) is 1. The first-order valence-electron chi connectivity index (χ1n) is 4.56. The maximum atomic E-state index is 9.69. The lowest BCUT2D eigenvalue weighted by Crippen LogP contribution is -2.01. The molecule has 0 aliphatic rings. The number of phenols is 1. The second-order valence-electron chi connectivity index (χ2n) is 3.48. The monoisotopic (exact) mass is 275 g/mol. The molecule has 0 unspecified atom stereocenters. The van der Waals surface area contributed by atoms with Crippen LogP contribution in [0.15, 0.2) is 24.3 Å². The topological polar surface area (TPSA) is 33.1 Å². The Morgan fingerprint density at radius 3 is 2.44 bits per heavy atom. The Bertz CT molecular complexity index is 549. The van der Waals surface area contributed by atoms with Crippen LogP contribution in [0.25, 0.3) is 10.9 Å². The fourth-order valence-corrected chi connectivity index (χ4v) is 2.04. The van der Waals surface area contributed by atoms with Gasteiger partial charge in [-0.3, -0.25) is 0 Å². The molecular weight excluding hydrogens is 268 g/mol. The van der Waals surface area contributed by atoms with Crippen LogP contribution in [0.5, 0.6) is 5.75 Å². The molecular formula is C11H8Cl3NO. The molecule has 0 radical (unpaired) electrons. The lowest BCUT2D eigenvalue weighted by Gasteiger charge is -2.14. The molecule has 0 atom stereocenters. The average Bonchev–Trinajstić information content (AvgIpc) is 2.17. The van der Waals surface area contributed by atoms with Crippen molar-refractivity contribution in [3.05, 3.63) is 35.5 Å². The Labute approximate surface area is 108 Å². The Morgan fingerprint density at radius 2 is 1.81 bits per heavy atom. The molecule has 0 saturated heterocycles. The second kappa shape index (κ2) is 3.95. The molecule has 2 rings (SSSR count). The third kappa shape index (κ3) is 2.05. The zero-order valence-electron chi connectivity index (χ0n) is 8.34. The van der Waals surface area contributed by atoms with Crippen LogP contribution < -0.4 is 0 Å². The predicted octanol–water partition coefficient (Wildman–Crippen LogP) is 4.08. The van der Waals surface area contributed by atoms with Crippen LogP contribution in [0.4, 0.5) is 0 Å². The van der Waals surface area contributed by atoms with Crippen LogP contribution in [0.2, 0.25) is 0 Å². The number of halogens is 3. The molecule has 84 valence electrons. The summed E-state index contributed by atoms with van der Waals surface area (Å²) in [5.41, 5.74) is 1.76. The van der Waals surface area contributed by atoms with Crippen LogP contribution >= 0.6 is 34.8 Å². The molecule has 5 heteroatoms. The van der Waals surface area contributed by atoms with E-state index in [1.807, 2.05) is 13.0 Å². The van der Waals surface area contributed by atoms with Crippen molar-refractivity contribution >= 4 is 45.7 Å². The summed E-state index contributed by atoms with van der Waals surface area (Å²) in [4.78, 5) is 4.22. The van der Waals surface area contributed by atoms with Gasteiger partial charge in [-0.25, -0.2) is 4.98 Å². The highest BCUT2D eigenvalue weighted by molar-refractivity contribution is 6.67. The summed E-state index contributed by atoms with van der Waals surface area (Å²) in [6.07, 6.45) is 0. The number of phenolic OH excluding ortho intramolecular Hbond substituents is 1. The lowest BCUT2D eigenvalue weighted by molar-refractivity contribution is 0.480. The molecule has 1 heterocycles. The zero-order valence-corrected chi connectivity index (χ0v) is 10.6. The van der Waals surface area contributed by atoms with E-state index in [-0.39, 0.29) is 5.75 Å². The number of fused-ring (bicyclic) bond motifs is 1. The predicted molar refractivity (Wildman–Crippen MR) is 67.4 cm³/mol. The van der Waals surface area contributed by atoms with Gasteiger partial charge in [0.1, 0.15) is 11.3 Å². The first kappa shape index (κ1) is 11.8. The molecule has 1 aromatic heterocycles. The van der Waals surface area contributed by atoms with Crippen molar-refractivity contribution in [2.24, 2.45) is 0 Å². The van der Waals surface area contributed by atoms with Gasteiger partial charge in [0, 0.05) is 16.6 Å². The lowest BCUT2D eigenvalue weighted by atomic mass is 10.1. The first-order valence-corrected chi connectivity index (χ1v) is 5.69. The molecule has 0 aliphatic carbocycles. The van der Waals surface area contributed by atoms with Crippen LogP contribution in [0.1, 0.15) is 11.3 Å². The molecule has 0 fully saturated rings. The van der Waals surface area contributed by atoms with E-state index in [0.717, 1.165) is 5.69 Å². The van der Waals surface area contributed by atoms with Crippen molar-refractivity contribution in [1.29, 1.82) is 0 Å². The minimum absolute atomic E-state index is 0.0803. The molecule has 0 saturated carbocycles. The van der Waals surface area contributed by atoms with E-state index >= 15 is 0 Å². The van der Waals surface area contributed by atoms with E-state index in [1.165, 1.54) is 6.07 Å². The summed E-state index contributed by atoms with van der Waals surface area (Å²) >= 11 is 17.6. The summed E-state index contributed by atoms with van der Waals surface area (Å²) in [6.45, 7) is 1.83. The SMILES string of the molecule is Cc1ccc2c(C(Cl)(Cl)Cl)ccc(O)c2n1. The van der Waals surface area contributed by atoms with Gasteiger partial charge in [-0.1, -0.05) is 46.9 Å². The Morgan fingerprint density at radius 1 is 1.12 bits per heavy atom. The zero-order chi connectivity index (χ0) is 11.9. The van der Waals surface area contributed by atoms with Gasteiger partial charge in [0.25, 0.3) is 0 Å². The summed E-state index contributed by atoms with van der Waals surface area (Å²) in [5.74, 6) is 0.0803. The van der Waals surface area contributed by atoms with Crippen LogP contribution in [0.3, 0.4) is 0 Å². The van der Waals surface area contributed by atoms with Crippen LogP contribution in [-0.4, -0.2) is 10.1 Å². The molecule has 16 heavy (non-hydrogen) atoms. The number of pyridine rings is 1. The molecule has 0 spiro atoms. The molecule has 2 aromatic rings. The second-order valence-corrected chi connectivity index (χ2v) is 5.76. The maximum Gasteiger partial charge on any atom is 0.216 e. The van der Waals surface area contributed by atoms with Gasteiger partial charge < -0.3 is 5.11 Å². The smallest absolute Gasteiger partial charge is 0.216 e. The third-order valence-corrected chi connectivity index (χ3v) is 2.89. The minimum atomic E-state index is -1.52. The van der Waals surface area contributed by atoms with Gasteiger partial charge in [0.15, 0.2) is 0 Å². The fourth-order valence-electron chi connectivity index (χ4n) is 1.55. The summed E-state index contributed by atoms with van der Waals surface area (Å²) in [6, 6.07) is 6.66. The van der Waals surface area contributed by atoms with Crippen molar-refractivity contribution in [2.75, 3.05) is 0 Å². The minimum Gasteiger partial charge on any atom is -0.506 e. The van der Waals surface area contributed by atoms with Crippen molar-refractivity contribution in [3.8, 4) is 5.75 Å². The van der Waals surface area contributed by atoms with Crippen molar-refractivity contribution in [2.45, 2.75) is 10.7 Å². The number of alkyl halides is 3. The molecule has 1 aromatic carbocycles. The van der Waals surface area contributed by atoms with Gasteiger partial charge in [-0.15, -0.1) is 0 Å². The highest BCUT2D eigenvalue weighted by Gasteiger charge is 2.26. The quantitative estimate of drug-likeness (QED) is 0.736. The number of hydrogen-bond acceptors (Lipinski definition) is 2. The van der Waals surface area contributed by atoms with Crippen molar-refractivity contribution in [1.82, 2.24) is 4.98 Å². The van der Waals surface area contributed by atoms with Gasteiger partial charge in [-0.05, 0) is 19.1 Å². The van der Waals surface area contributed by atoms with E-state index in [0.29, 0.717) is 16.5 Å². The van der Waals surface area contributed by atoms with E-state index in [9.17, 15) is 5.11 Å². The Hall–Kier alpha value is -0.700. The van der Waals surface area contributed by atoms with Gasteiger partial charge in [0.2, 0.25) is 3.79 Å².